The lowest BCUT2D eigenvalue weighted by atomic mass is 10.2. The summed E-state index contributed by atoms with van der Waals surface area (Å²) in [5.74, 6) is 0.280. The molecule has 0 fully saturated rings. The number of hydrogen-bond acceptors (Lipinski definition) is 3. The van der Waals surface area contributed by atoms with Gasteiger partial charge < -0.3 is 4.57 Å². The van der Waals surface area contributed by atoms with Crippen LogP contribution in [0.2, 0.25) is 0 Å². The van der Waals surface area contributed by atoms with Crippen molar-refractivity contribution in [3.63, 3.8) is 0 Å². The fourth-order valence-corrected chi connectivity index (χ4v) is 2.77. The summed E-state index contributed by atoms with van der Waals surface area (Å²) >= 11 is 3.27. The van der Waals surface area contributed by atoms with E-state index in [1.54, 1.807) is 30.6 Å². The van der Waals surface area contributed by atoms with Crippen LogP contribution in [0.25, 0.3) is 11.4 Å². The van der Waals surface area contributed by atoms with Crippen LogP contribution in [-0.4, -0.2) is 14.5 Å². The number of rotatable bonds is 4. The Kier molecular flexibility index (Phi) is 4.20. The minimum absolute atomic E-state index is 0.0497. The van der Waals surface area contributed by atoms with Gasteiger partial charge in [0.25, 0.3) is 5.69 Å². The molecule has 2 aromatic carbocycles. The second-order valence-corrected chi connectivity index (χ2v) is 5.88. The molecule has 0 aliphatic heterocycles. The zero-order chi connectivity index (χ0) is 16.4. The quantitative estimate of drug-likeness (QED) is 0.501. The highest BCUT2D eigenvalue weighted by Gasteiger charge is 2.10. The maximum atomic E-state index is 13.6. The molecule has 0 aliphatic rings. The first kappa shape index (κ1) is 15.4. The monoisotopic (exact) mass is 375 g/mol. The van der Waals surface area contributed by atoms with Crippen LogP contribution in [0.5, 0.6) is 0 Å². The molecule has 0 bridgehead atoms. The van der Waals surface area contributed by atoms with Crippen molar-refractivity contribution in [2.75, 3.05) is 0 Å². The van der Waals surface area contributed by atoms with E-state index in [1.165, 1.54) is 24.3 Å². The number of nitrogens with zero attached hydrogens (tertiary/aromatic N) is 3. The van der Waals surface area contributed by atoms with Crippen molar-refractivity contribution in [3.8, 4) is 11.4 Å². The summed E-state index contributed by atoms with van der Waals surface area (Å²) in [6, 6.07) is 10.9. The highest BCUT2D eigenvalue weighted by molar-refractivity contribution is 9.10. The average molecular weight is 376 g/mol. The molecule has 1 aromatic heterocycles. The van der Waals surface area contributed by atoms with Crippen molar-refractivity contribution in [1.29, 1.82) is 0 Å². The fourth-order valence-electron chi connectivity index (χ4n) is 2.30. The molecule has 0 N–H and O–H groups in total. The van der Waals surface area contributed by atoms with E-state index in [1.807, 2.05) is 4.57 Å². The normalized spacial score (nSPS) is 10.7. The number of halogens is 2. The summed E-state index contributed by atoms with van der Waals surface area (Å²) in [6.45, 7) is 0.488. The Hall–Kier alpha value is -2.54. The lowest BCUT2D eigenvalue weighted by Crippen LogP contribution is -2.01. The lowest BCUT2D eigenvalue weighted by Gasteiger charge is -2.09. The van der Waals surface area contributed by atoms with Gasteiger partial charge in [-0.2, -0.15) is 0 Å². The summed E-state index contributed by atoms with van der Waals surface area (Å²) in [5.41, 5.74) is 1.60. The molecule has 0 radical (unpaired) electrons. The van der Waals surface area contributed by atoms with Gasteiger partial charge in [0, 0.05) is 41.1 Å². The molecule has 0 aliphatic carbocycles. The Balaban J connectivity index is 1.90. The van der Waals surface area contributed by atoms with Crippen LogP contribution in [0, 0.1) is 15.9 Å². The van der Waals surface area contributed by atoms with Gasteiger partial charge in [-0.1, -0.05) is 28.1 Å². The van der Waals surface area contributed by atoms with Crippen molar-refractivity contribution in [2.24, 2.45) is 0 Å². The van der Waals surface area contributed by atoms with Gasteiger partial charge in [0.15, 0.2) is 0 Å². The SMILES string of the molecule is O=[N+]([O-])c1ccc(Cn2ccnc2-c2cc(F)cc(Br)c2)cc1. The minimum Gasteiger partial charge on any atom is -0.327 e. The van der Waals surface area contributed by atoms with Crippen LogP contribution in [-0.2, 0) is 6.54 Å². The van der Waals surface area contributed by atoms with Crippen molar-refractivity contribution in [3.05, 3.63) is 80.8 Å². The third-order valence-electron chi connectivity index (χ3n) is 3.34. The van der Waals surface area contributed by atoms with Crippen LogP contribution in [0.1, 0.15) is 5.56 Å². The van der Waals surface area contributed by atoms with Crippen molar-refractivity contribution in [2.45, 2.75) is 6.54 Å². The number of non-ortho nitro benzene ring substituents is 1. The van der Waals surface area contributed by atoms with Crippen molar-refractivity contribution in [1.82, 2.24) is 9.55 Å². The summed E-state index contributed by atoms with van der Waals surface area (Å²) < 4.78 is 16.1. The molecular weight excluding hydrogens is 365 g/mol. The van der Waals surface area contributed by atoms with Crippen molar-refractivity contribution >= 4 is 21.6 Å². The van der Waals surface area contributed by atoms with Crippen LogP contribution >= 0.6 is 15.9 Å². The van der Waals surface area contributed by atoms with E-state index in [4.69, 9.17) is 0 Å². The zero-order valence-electron chi connectivity index (χ0n) is 11.8. The highest BCUT2D eigenvalue weighted by atomic mass is 79.9. The third kappa shape index (κ3) is 3.45. The van der Waals surface area contributed by atoms with Crippen LogP contribution in [0.15, 0.2) is 59.3 Å². The summed E-state index contributed by atoms with van der Waals surface area (Å²) in [7, 11) is 0. The Morgan fingerprint density at radius 3 is 2.61 bits per heavy atom. The number of benzene rings is 2. The van der Waals surface area contributed by atoms with Crippen LogP contribution < -0.4 is 0 Å². The maximum absolute atomic E-state index is 13.6. The second kappa shape index (κ2) is 6.29. The molecular formula is C16H11BrFN3O2. The molecule has 7 heteroatoms. The molecule has 0 atom stereocenters. The predicted molar refractivity (Wildman–Crippen MR) is 87.5 cm³/mol. The number of nitro benzene ring substituents is 1. The summed E-state index contributed by atoms with van der Waals surface area (Å²) in [5, 5.41) is 10.7. The second-order valence-electron chi connectivity index (χ2n) is 4.96. The molecule has 0 unspecified atom stereocenters. The van der Waals surface area contributed by atoms with E-state index in [9.17, 15) is 14.5 Å². The number of aromatic nitrogens is 2. The van der Waals surface area contributed by atoms with Gasteiger partial charge in [-0.25, -0.2) is 9.37 Å². The fraction of sp³-hybridized carbons (Fsp3) is 0.0625. The third-order valence-corrected chi connectivity index (χ3v) is 3.79. The highest BCUT2D eigenvalue weighted by Crippen LogP contribution is 2.24. The van der Waals surface area contributed by atoms with Crippen LogP contribution in [0.4, 0.5) is 10.1 Å². The molecule has 0 amide bonds. The van der Waals surface area contributed by atoms with Crippen molar-refractivity contribution < 1.29 is 9.31 Å². The van der Waals surface area contributed by atoms with E-state index in [-0.39, 0.29) is 11.5 Å². The molecule has 0 saturated carbocycles. The number of hydrogen-bond donors (Lipinski definition) is 0. The lowest BCUT2D eigenvalue weighted by molar-refractivity contribution is -0.384. The van der Waals surface area contributed by atoms with E-state index in [0.29, 0.717) is 22.4 Å². The zero-order valence-corrected chi connectivity index (χ0v) is 13.4. The van der Waals surface area contributed by atoms with Gasteiger partial charge in [0.2, 0.25) is 0 Å². The largest absolute Gasteiger partial charge is 0.327 e. The summed E-state index contributed by atoms with van der Waals surface area (Å²) in [6.07, 6.45) is 3.43. The molecule has 23 heavy (non-hydrogen) atoms. The topological polar surface area (TPSA) is 61.0 Å². The molecule has 0 saturated heterocycles. The Bertz CT molecular complexity index is 842. The maximum Gasteiger partial charge on any atom is 0.269 e. The Morgan fingerprint density at radius 2 is 1.96 bits per heavy atom. The summed E-state index contributed by atoms with van der Waals surface area (Å²) in [4.78, 5) is 14.5. The van der Waals surface area contributed by atoms with E-state index in [0.717, 1.165) is 5.56 Å². The first-order valence-electron chi connectivity index (χ1n) is 6.74. The molecule has 116 valence electrons. The number of nitro groups is 1. The Morgan fingerprint density at radius 1 is 1.22 bits per heavy atom. The first-order chi connectivity index (χ1) is 11.0. The van der Waals surface area contributed by atoms with Gasteiger partial charge in [0.05, 0.1) is 4.92 Å². The van der Waals surface area contributed by atoms with Gasteiger partial charge in [-0.3, -0.25) is 10.1 Å². The van der Waals surface area contributed by atoms with Crippen LogP contribution in [0.3, 0.4) is 0 Å². The molecule has 0 spiro atoms. The molecule has 5 nitrogen and oxygen atoms in total. The Labute approximate surface area is 139 Å². The first-order valence-corrected chi connectivity index (χ1v) is 7.53. The van der Waals surface area contributed by atoms with Gasteiger partial charge in [-0.15, -0.1) is 0 Å². The van der Waals surface area contributed by atoms with Gasteiger partial charge >= 0.3 is 0 Å². The standard InChI is InChI=1S/C16H11BrFN3O2/c17-13-7-12(8-14(18)9-13)16-19-5-6-20(16)10-11-1-3-15(4-2-11)21(22)23/h1-9H,10H2. The molecule has 3 rings (SSSR count). The molecule has 1 heterocycles. The minimum atomic E-state index is -0.434. The molecule has 3 aromatic rings. The van der Waals surface area contributed by atoms with E-state index < -0.39 is 4.92 Å². The van der Waals surface area contributed by atoms with Gasteiger partial charge in [0.1, 0.15) is 11.6 Å². The van der Waals surface area contributed by atoms with E-state index in [2.05, 4.69) is 20.9 Å². The smallest absolute Gasteiger partial charge is 0.269 e. The average Bonchev–Trinajstić information content (AvgIpc) is 2.95. The predicted octanol–water partition coefficient (Wildman–Crippen LogP) is 4.41. The number of imidazole rings is 1. The van der Waals surface area contributed by atoms with E-state index >= 15 is 0 Å². The van der Waals surface area contributed by atoms with Gasteiger partial charge in [-0.05, 0) is 23.8 Å².